The molecular weight excluding hydrogens is 263 g/mol. The molecule has 0 spiro atoms. The van der Waals surface area contributed by atoms with Crippen LogP contribution in [0.3, 0.4) is 0 Å². The first kappa shape index (κ1) is 14.1. The van der Waals surface area contributed by atoms with Gasteiger partial charge in [0.25, 0.3) is 0 Å². The van der Waals surface area contributed by atoms with Crippen LogP contribution in [-0.2, 0) is 0 Å². The minimum atomic E-state index is 0. The van der Waals surface area contributed by atoms with E-state index in [1.807, 2.05) is 30.0 Å². The fourth-order valence-electron chi connectivity index (χ4n) is 1.84. The van der Waals surface area contributed by atoms with Crippen molar-refractivity contribution in [2.75, 3.05) is 25.9 Å². The van der Waals surface area contributed by atoms with Crippen LogP contribution in [0.25, 0.3) is 0 Å². The second-order valence-corrected chi connectivity index (χ2v) is 5.45. The van der Waals surface area contributed by atoms with E-state index in [4.69, 9.17) is 11.6 Å². The highest BCUT2D eigenvalue weighted by Gasteiger charge is 2.19. The third-order valence-electron chi connectivity index (χ3n) is 2.65. The molecular formula is C11H16Cl2N2S. The molecule has 1 aromatic rings. The quantitative estimate of drug-likeness (QED) is 0.624. The van der Waals surface area contributed by atoms with Gasteiger partial charge in [-0.15, -0.1) is 24.2 Å². The summed E-state index contributed by atoms with van der Waals surface area (Å²) in [6.07, 6.45) is 1.31. The van der Waals surface area contributed by atoms with Gasteiger partial charge in [0.1, 0.15) is 5.15 Å². The minimum absolute atomic E-state index is 0. The van der Waals surface area contributed by atoms with Gasteiger partial charge in [-0.25, -0.2) is 4.98 Å². The van der Waals surface area contributed by atoms with E-state index < -0.39 is 0 Å². The van der Waals surface area contributed by atoms with Gasteiger partial charge in [-0.2, -0.15) is 0 Å². The molecule has 0 amide bonds. The van der Waals surface area contributed by atoms with Crippen LogP contribution in [0.15, 0.2) is 23.2 Å². The van der Waals surface area contributed by atoms with E-state index in [1.165, 1.54) is 19.5 Å². The summed E-state index contributed by atoms with van der Waals surface area (Å²) in [5.41, 5.74) is 0. The van der Waals surface area contributed by atoms with E-state index in [0.717, 1.165) is 16.7 Å². The van der Waals surface area contributed by atoms with Crippen molar-refractivity contribution in [2.24, 2.45) is 5.92 Å². The Morgan fingerprint density at radius 3 is 3.00 bits per heavy atom. The normalized spacial score (nSPS) is 20.8. The fraction of sp³-hybridized carbons (Fsp3) is 0.545. The van der Waals surface area contributed by atoms with Gasteiger partial charge in [-0.1, -0.05) is 17.7 Å². The summed E-state index contributed by atoms with van der Waals surface area (Å²) < 4.78 is 0. The monoisotopic (exact) mass is 278 g/mol. The van der Waals surface area contributed by atoms with Crippen molar-refractivity contribution in [1.29, 1.82) is 0 Å². The van der Waals surface area contributed by atoms with Crippen LogP contribution in [0.4, 0.5) is 0 Å². The predicted octanol–water partition coefficient (Wildman–Crippen LogP) is 3.20. The molecule has 0 aliphatic carbocycles. The number of pyridine rings is 1. The molecule has 90 valence electrons. The average Bonchev–Trinajstić information content (AvgIpc) is 2.62. The number of rotatable bonds is 3. The Bertz CT molecular complexity index is 336. The molecule has 0 N–H and O–H groups in total. The van der Waals surface area contributed by atoms with Crippen molar-refractivity contribution < 1.29 is 0 Å². The number of nitrogens with zero attached hydrogens (tertiary/aromatic N) is 2. The van der Waals surface area contributed by atoms with Gasteiger partial charge in [-0.05, 0) is 38.1 Å². The van der Waals surface area contributed by atoms with E-state index in [2.05, 4.69) is 16.9 Å². The highest BCUT2D eigenvalue weighted by atomic mass is 35.5. The van der Waals surface area contributed by atoms with Crippen LogP contribution >= 0.6 is 35.8 Å². The van der Waals surface area contributed by atoms with E-state index in [-0.39, 0.29) is 12.4 Å². The number of halogens is 2. The van der Waals surface area contributed by atoms with Gasteiger partial charge in [0, 0.05) is 12.3 Å². The number of thioether (sulfide) groups is 1. The van der Waals surface area contributed by atoms with E-state index >= 15 is 0 Å². The summed E-state index contributed by atoms with van der Waals surface area (Å²) in [4.78, 5) is 6.65. The molecule has 16 heavy (non-hydrogen) atoms. The molecule has 1 unspecified atom stereocenters. The maximum atomic E-state index is 5.83. The molecule has 0 radical (unpaired) electrons. The van der Waals surface area contributed by atoms with Gasteiger partial charge in [0.15, 0.2) is 0 Å². The van der Waals surface area contributed by atoms with E-state index in [1.54, 1.807) is 0 Å². The summed E-state index contributed by atoms with van der Waals surface area (Å²) in [5, 5.41) is 1.63. The summed E-state index contributed by atoms with van der Waals surface area (Å²) in [6.45, 7) is 2.45. The van der Waals surface area contributed by atoms with Gasteiger partial charge < -0.3 is 4.90 Å². The first-order valence-corrected chi connectivity index (χ1v) is 6.54. The topological polar surface area (TPSA) is 16.1 Å². The van der Waals surface area contributed by atoms with Crippen molar-refractivity contribution in [1.82, 2.24) is 9.88 Å². The van der Waals surface area contributed by atoms with Gasteiger partial charge in [0.2, 0.25) is 0 Å². The number of hydrogen-bond donors (Lipinski definition) is 0. The Kier molecular flexibility index (Phi) is 5.90. The Balaban J connectivity index is 0.00000128. The smallest absolute Gasteiger partial charge is 0.130 e. The van der Waals surface area contributed by atoms with Crippen molar-refractivity contribution in [3.8, 4) is 0 Å². The third-order valence-corrected chi connectivity index (χ3v) is 4.02. The predicted molar refractivity (Wildman–Crippen MR) is 72.8 cm³/mol. The highest BCUT2D eigenvalue weighted by molar-refractivity contribution is 7.99. The first-order valence-electron chi connectivity index (χ1n) is 5.18. The second-order valence-electron chi connectivity index (χ2n) is 4.03. The molecule has 1 fully saturated rings. The van der Waals surface area contributed by atoms with Gasteiger partial charge in [0.05, 0.1) is 5.03 Å². The SMILES string of the molecule is CN1CCC(CSc2cccc(Cl)n2)C1.Cl. The molecule has 0 bridgehead atoms. The number of likely N-dealkylation sites (tertiary alicyclic amines) is 1. The lowest BCUT2D eigenvalue weighted by Crippen LogP contribution is -2.14. The molecule has 1 aliphatic rings. The van der Waals surface area contributed by atoms with E-state index in [9.17, 15) is 0 Å². The molecule has 5 heteroatoms. The van der Waals surface area contributed by atoms with Crippen molar-refractivity contribution >= 4 is 35.8 Å². The lowest BCUT2D eigenvalue weighted by molar-refractivity contribution is 0.403. The summed E-state index contributed by atoms with van der Waals surface area (Å²) in [6, 6.07) is 5.79. The van der Waals surface area contributed by atoms with Crippen LogP contribution in [0, 0.1) is 5.92 Å². The molecule has 0 saturated carbocycles. The lowest BCUT2D eigenvalue weighted by atomic mass is 10.2. The lowest BCUT2D eigenvalue weighted by Gasteiger charge is -2.09. The summed E-state index contributed by atoms with van der Waals surface area (Å²) in [7, 11) is 2.18. The van der Waals surface area contributed by atoms with Crippen molar-refractivity contribution in [3.63, 3.8) is 0 Å². The summed E-state index contributed by atoms with van der Waals surface area (Å²) >= 11 is 7.64. The summed E-state index contributed by atoms with van der Waals surface area (Å²) in [5.74, 6) is 1.96. The molecule has 2 nitrogen and oxygen atoms in total. The minimum Gasteiger partial charge on any atom is -0.306 e. The third kappa shape index (κ3) is 4.13. The second kappa shape index (κ2) is 6.70. The number of aromatic nitrogens is 1. The zero-order chi connectivity index (χ0) is 10.7. The maximum Gasteiger partial charge on any atom is 0.130 e. The molecule has 2 heterocycles. The van der Waals surface area contributed by atoms with Crippen LogP contribution in [-0.4, -0.2) is 35.8 Å². The van der Waals surface area contributed by atoms with Gasteiger partial charge in [-0.3, -0.25) is 0 Å². The van der Waals surface area contributed by atoms with Gasteiger partial charge >= 0.3 is 0 Å². The molecule has 1 aromatic heterocycles. The van der Waals surface area contributed by atoms with Crippen LogP contribution in [0.5, 0.6) is 0 Å². The zero-order valence-electron chi connectivity index (χ0n) is 9.23. The fourth-order valence-corrected chi connectivity index (χ4v) is 3.07. The zero-order valence-corrected chi connectivity index (χ0v) is 11.6. The maximum absolute atomic E-state index is 5.83. The average molecular weight is 279 g/mol. The van der Waals surface area contributed by atoms with E-state index in [0.29, 0.717) is 5.15 Å². The standard InChI is InChI=1S/C11H15ClN2S.ClH/c1-14-6-5-9(7-14)8-15-11-4-2-3-10(12)13-11;/h2-4,9H,5-8H2,1H3;1H. The van der Waals surface area contributed by atoms with Crippen molar-refractivity contribution in [3.05, 3.63) is 23.4 Å². The Hall–Kier alpha value is 0.0400. The molecule has 1 atom stereocenters. The largest absolute Gasteiger partial charge is 0.306 e. The molecule has 2 rings (SSSR count). The molecule has 1 saturated heterocycles. The van der Waals surface area contributed by atoms with Crippen molar-refractivity contribution in [2.45, 2.75) is 11.4 Å². The highest BCUT2D eigenvalue weighted by Crippen LogP contribution is 2.24. The number of hydrogen-bond acceptors (Lipinski definition) is 3. The molecule has 1 aliphatic heterocycles. The Labute approximate surface area is 112 Å². The van der Waals surface area contributed by atoms with Crippen LogP contribution in [0.2, 0.25) is 5.15 Å². The van der Waals surface area contributed by atoms with Crippen LogP contribution < -0.4 is 0 Å². The van der Waals surface area contributed by atoms with Crippen LogP contribution in [0.1, 0.15) is 6.42 Å². The first-order chi connectivity index (χ1) is 7.24. The Morgan fingerprint density at radius 2 is 2.38 bits per heavy atom. The Morgan fingerprint density at radius 1 is 1.56 bits per heavy atom. The molecule has 0 aromatic carbocycles.